The number of hydrogen-bond donors (Lipinski definition) is 0. The van der Waals surface area contributed by atoms with Crippen molar-refractivity contribution in [2.75, 3.05) is 7.11 Å². The summed E-state index contributed by atoms with van der Waals surface area (Å²) in [5.41, 5.74) is 2.39. The van der Waals surface area contributed by atoms with E-state index in [-0.39, 0.29) is 0 Å². The smallest absolute Gasteiger partial charge is 0.497 e. The lowest BCUT2D eigenvalue weighted by Crippen LogP contribution is -2.02. The maximum atomic E-state index is 9.75. The lowest BCUT2D eigenvalue weighted by molar-refractivity contribution is 0.368. The van der Waals surface area contributed by atoms with Crippen LogP contribution in [0.2, 0.25) is 0 Å². The molecule has 1 nitrogen and oxygen atoms in total. The first-order valence-electron chi connectivity index (χ1n) is 5.38. The molecule has 0 unspecified atom stereocenters. The second kappa shape index (κ2) is 6.82. The van der Waals surface area contributed by atoms with Gasteiger partial charge in [0.05, 0.1) is 7.11 Å². The van der Waals surface area contributed by atoms with Gasteiger partial charge in [0.25, 0.3) is 0 Å². The average Bonchev–Trinajstić information content (AvgIpc) is 2.38. The molecule has 0 aromatic heterocycles. The van der Waals surface area contributed by atoms with Gasteiger partial charge in [-0.2, -0.15) is 0 Å². The van der Waals surface area contributed by atoms with Crippen LogP contribution in [0.5, 0.6) is 5.75 Å². The van der Waals surface area contributed by atoms with E-state index in [9.17, 15) is 17.3 Å². The molecule has 0 atom stereocenters. The van der Waals surface area contributed by atoms with Gasteiger partial charge in [0.15, 0.2) is 0 Å². The van der Waals surface area contributed by atoms with E-state index >= 15 is 0 Å². The predicted molar refractivity (Wildman–Crippen MR) is 67.5 cm³/mol. The van der Waals surface area contributed by atoms with Gasteiger partial charge in [-0.1, -0.05) is 36.4 Å². The molecule has 2 rings (SSSR count). The molecule has 0 saturated heterocycles. The third kappa shape index (κ3) is 6.50. The largest absolute Gasteiger partial charge is 0.673 e. The summed E-state index contributed by atoms with van der Waals surface area (Å²) in [5.74, 6) is 0.885. The molecule has 0 spiro atoms. The topological polar surface area (TPSA) is 9.23 Å². The maximum Gasteiger partial charge on any atom is 0.673 e. The first-order chi connectivity index (χ1) is 8.90. The molecule has 0 amide bonds. The molecule has 0 fully saturated rings. The fourth-order valence-corrected chi connectivity index (χ4v) is 1.36. The van der Waals surface area contributed by atoms with Crippen molar-refractivity contribution in [3.05, 3.63) is 54.6 Å². The van der Waals surface area contributed by atoms with Crippen LogP contribution in [0.15, 0.2) is 48.5 Å². The molecule has 1 radical (unpaired) electrons. The third-order valence-electron chi connectivity index (χ3n) is 2.14. The Bertz CT molecular complexity index is 476. The van der Waals surface area contributed by atoms with Gasteiger partial charge in [0.2, 0.25) is 0 Å². The number of hydrogen-bond acceptors (Lipinski definition) is 1. The first kappa shape index (κ1) is 15.1. The molecular weight excluding hydrogens is 259 g/mol. The molecular formula is C13H11BF4O-. The summed E-state index contributed by atoms with van der Waals surface area (Å²) in [6, 6.07) is 18.9. The van der Waals surface area contributed by atoms with Gasteiger partial charge in [-0.15, -0.1) is 0 Å². The van der Waals surface area contributed by atoms with E-state index in [1.165, 1.54) is 11.1 Å². The van der Waals surface area contributed by atoms with Crippen LogP contribution in [0.3, 0.4) is 0 Å². The van der Waals surface area contributed by atoms with Crippen LogP contribution in [-0.2, 0) is 0 Å². The zero-order chi connectivity index (χ0) is 14.3. The number of rotatable bonds is 2. The minimum Gasteiger partial charge on any atom is -0.497 e. The van der Waals surface area contributed by atoms with Crippen molar-refractivity contribution in [3.8, 4) is 16.9 Å². The molecule has 0 heterocycles. The van der Waals surface area contributed by atoms with Gasteiger partial charge in [-0.25, -0.2) is 0 Å². The molecule has 0 bridgehead atoms. The Morgan fingerprint density at radius 2 is 1.26 bits per heavy atom. The SMILES string of the molecule is COc1ccc(-c2cc[c]cc2)cc1.F[B-](F)(F)F. The fraction of sp³-hybridized carbons (Fsp3) is 0.0769. The molecule has 0 N–H and O–H groups in total. The minimum atomic E-state index is -6.00. The summed E-state index contributed by atoms with van der Waals surface area (Å²) in [5, 5.41) is 0. The quantitative estimate of drug-likeness (QED) is 0.578. The molecule has 101 valence electrons. The van der Waals surface area contributed by atoms with Crippen molar-refractivity contribution in [3.63, 3.8) is 0 Å². The summed E-state index contributed by atoms with van der Waals surface area (Å²) in [6.45, 7) is 0. The monoisotopic (exact) mass is 270 g/mol. The Morgan fingerprint density at radius 3 is 1.68 bits per heavy atom. The Kier molecular flexibility index (Phi) is 5.42. The van der Waals surface area contributed by atoms with E-state index in [2.05, 4.69) is 6.07 Å². The van der Waals surface area contributed by atoms with E-state index in [0.717, 1.165) is 5.75 Å². The number of methoxy groups -OCH3 is 1. The molecule has 0 saturated carbocycles. The van der Waals surface area contributed by atoms with E-state index in [4.69, 9.17) is 4.74 Å². The van der Waals surface area contributed by atoms with Crippen molar-refractivity contribution in [1.82, 2.24) is 0 Å². The van der Waals surface area contributed by atoms with E-state index in [1.807, 2.05) is 48.5 Å². The molecule has 6 heteroatoms. The van der Waals surface area contributed by atoms with E-state index in [0.29, 0.717) is 0 Å². The Labute approximate surface area is 108 Å². The predicted octanol–water partition coefficient (Wildman–Crippen LogP) is 4.46. The third-order valence-corrected chi connectivity index (χ3v) is 2.14. The molecule has 0 aliphatic heterocycles. The summed E-state index contributed by atoms with van der Waals surface area (Å²) in [4.78, 5) is 0. The second-order valence-electron chi connectivity index (χ2n) is 3.51. The van der Waals surface area contributed by atoms with Crippen molar-refractivity contribution < 1.29 is 22.0 Å². The molecule has 2 aromatic rings. The minimum absolute atomic E-state index is 0.885. The zero-order valence-electron chi connectivity index (χ0n) is 10.1. The van der Waals surface area contributed by atoms with Gasteiger partial charge in [-0.05, 0) is 29.3 Å². The van der Waals surface area contributed by atoms with Crippen LogP contribution < -0.4 is 4.74 Å². The van der Waals surface area contributed by atoms with Crippen molar-refractivity contribution in [2.45, 2.75) is 0 Å². The summed E-state index contributed by atoms with van der Waals surface area (Å²) >= 11 is 0. The Morgan fingerprint density at radius 1 is 0.842 bits per heavy atom. The van der Waals surface area contributed by atoms with Gasteiger partial charge in [0, 0.05) is 0 Å². The zero-order valence-corrected chi connectivity index (χ0v) is 10.1. The standard InChI is InChI=1S/C13H11O.BF4/c1-14-13-9-7-12(8-10-13)11-5-3-2-4-6-11;2-1(3,4)5/h3-10H,1H3;/q;-1. The fourth-order valence-electron chi connectivity index (χ4n) is 1.36. The maximum absolute atomic E-state index is 9.75. The normalized spacial score (nSPS) is 10.4. The second-order valence-corrected chi connectivity index (χ2v) is 3.51. The summed E-state index contributed by atoms with van der Waals surface area (Å²) in [6.07, 6.45) is 0. The van der Waals surface area contributed by atoms with E-state index in [1.54, 1.807) is 7.11 Å². The molecule has 0 aliphatic rings. The molecule has 19 heavy (non-hydrogen) atoms. The van der Waals surface area contributed by atoms with Crippen molar-refractivity contribution >= 4 is 7.25 Å². The highest BCUT2D eigenvalue weighted by atomic mass is 19.5. The van der Waals surface area contributed by atoms with Crippen LogP contribution >= 0.6 is 0 Å². The summed E-state index contributed by atoms with van der Waals surface area (Å²) < 4.78 is 44.1. The van der Waals surface area contributed by atoms with Crippen LogP contribution in [0, 0.1) is 6.07 Å². The molecule has 2 aromatic carbocycles. The summed E-state index contributed by atoms with van der Waals surface area (Å²) in [7, 11) is -4.33. The van der Waals surface area contributed by atoms with Crippen molar-refractivity contribution in [1.29, 1.82) is 0 Å². The van der Waals surface area contributed by atoms with Crippen LogP contribution in [0.25, 0.3) is 11.1 Å². The lowest BCUT2D eigenvalue weighted by atomic mass is 10.1. The van der Waals surface area contributed by atoms with Gasteiger partial charge in [0.1, 0.15) is 5.75 Å². The highest BCUT2D eigenvalue weighted by molar-refractivity contribution is 6.50. The lowest BCUT2D eigenvalue weighted by Gasteiger charge is -2.02. The number of benzene rings is 2. The van der Waals surface area contributed by atoms with Gasteiger partial charge < -0.3 is 22.0 Å². The van der Waals surface area contributed by atoms with Gasteiger partial charge in [-0.3, -0.25) is 0 Å². The molecule has 0 aliphatic carbocycles. The number of halogens is 4. The van der Waals surface area contributed by atoms with Crippen LogP contribution in [0.1, 0.15) is 0 Å². The van der Waals surface area contributed by atoms with Gasteiger partial charge >= 0.3 is 7.25 Å². The number of ether oxygens (including phenoxy) is 1. The Balaban J connectivity index is 0.000000312. The van der Waals surface area contributed by atoms with Crippen molar-refractivity contribution in [2.24, 2.45) is 0 Å². The highest BCUT2D eigenvalue weighted by Gasteiger charge is 2.20. The van der Waals surface area contributed by atoms with Crippen LogP contribution in [-0.4, -0.2) is 14.4 Å². The highest BCUT2D eigenvalue weighted by Crippen LogP contribution is 2.21. The first-order valence-corrected chi connectivity index (χ1v) is 5.38. The average molecular weight is 270 g/mol. The van der Waals surface area contributed by atoms with Crippen LogP contribution in [0.4, 0.5) is 17.3 Å². The van der Waals surface area contributed by atoms with E-state index < -0.39 is 7.25 Å². The Hall–Kier alpha value is -1.98.